The molecule has 0 fully saturated rings. The van der Waals surface area contributed by atoms with Crippen molar-refractivity contribution in [3.63, 3.8) is 0 Å². The second-order valence-corrected chi connectivity index (χ2v) is 10.5. The van der Waals surface area contributed by atoms with Crippen LogP contribution in [0.4, 0.5) is 5.69 Å². The lowest BCUT2D eigenvalue weighted by molar-refractivity contribution is -0.122. The number of fused-ring (bicyclic) bond motifs is 2. The van der Waals surface area contributed by atoms with E-state index < -0.39 is 11.9 Å². The summed E-state index contributed by atoms with van der Waals surface area (Å²) in [6.07, 6.45) is 2.94. The maximum Gasteiger partial charge on any atom is 0.255 e. The molecule has 0 saturated carbocycles. The summed E-state index contributed by atoms with van der Waals surface area (Å²) >= 11 is 3.43. The van der Waals surface area contributed by atoms with E-state index in [1.807, 2.05) is 73.8 Å². The molecule has 4 aromatic carbocycles. The van der Waals surface area contributed by atoms with Crippen molar-refractivity contribution in [2.24, 2.45) is 0 Å². The fraction of sp³-hybridized carbons (Fsp3) is 0.156. The van der Waals surface area contributed by atoms with E-state index in [-0.39, 0.29) is 17.4 Å². The molecule has 5 aromatic rings. The average Bonchev–Trinajstić information content (AvgIpc) is 3.38. The van der Waals surface area contributed by atoms with Crippen molar-refractivity contribution >= 4 is 61.0 Å². The van der Waals surface area contributed by atoms with Gasteiger partial charge in [0, 0.05) is 40.1 Å². The predicted molar refractivity (Wildman–Crippen MR) is 163 cm³/mol. The summed E-state index contributed by atoms with van der Waals surface area (Å²) in [5.41, 5.74) is 2.95. The number of aromatic nitrogens is 1. The van der Waals surface area contributed by atoms with E-state index in [1.165, 1.54) is 0 Å². The summed E-state index contributed by atoms with van der Waals surface area (Å²) in [6, 6.07) is 25.3. The van der Waals surface area contributed by atoms with E-state index in [1.54, 1.807) is 24.3 Å². The topological polar surface area (TPSA) is 103 Å². The van der Waals surface area contributed by atoms with Gasteiger partial charge in [-0.05, 0) is 59.2 Å². The lowest BCUT2D eigenvalue weighted by Crippen LogP contribution is -2.48. The molecule has 3 amide bonds. The highest BCUT2D eigenvalue weighted by Crippen LogP contribution is 2.24. The van der Waals surface area contributed by atoms with Gasteiger partial charge in [-0.3, -0.25) is 14.4 Å². The van der Waals surface area contributed by atoms with Crippen molar-refractivity contribution in [3.8, 4) is 0 Å². The second kappa shape index (κ2) is 12.2. The van der Waals surface area contributed by atoms with Crippen LogP contribution in [-0.4, -0.2) is 35.3 Å². The third kappa shape index (κ3) is 6.07. The minimum Gasteiger partial charge on any atom is -0.361 e. The first kappa shape index (κ1) is 27.1. The van der Waals surface area contributed by atoms with Gasteiger partial charge in [-0.2, -0.15) is 0 Å². The molecular weight excluding hydrogens is 568 g/mol. The van der Waals surface area contributed by atoms with Gasteiger partial charge in [0.1, 0.15) is 6.04 Å². The maximum absolute atomic E-state index is 13.6. The number of nitrogens with one attached hydrogen (secondary N) is 4. The van der Waals surface area contributed by atoms with Crippen LogP contribution in [0.25, 0.3) is 21.7 Å². The lowest BCUT2D eigenvalue weighted by Gasteiger charge is -2.20. The number of anilines is 1. The van der Waals surface area contributed by atoms with Gasteiger partial charge in [-0.15, -0.1) is 0 Å². The van der Waals surface area contributed by atoms with Crippen molar-refractivity contribution in [1.29, 1.82) is 0 Å². The Balaban J connectivity index is 1.40. The molecule has 1 atom stereocenters. The van der Waals surface area contributed by atoms with Gasteiger partial charge in [-0.1, -0.05) is 71.4 Å². The quantitative estimate of drug-likeness (QED) is 0.163. The van der Waals surface area contributed by atoms with Crippen LogP contribution in [0.3, 0.4) is 0 Å². The van der Waals surface area contributed by atoms with Crippen molar-refractivity contribution < 1.29 is 14.4 Å². The largest absolute Gasteiger partial charge is 0.361 e. The first-order chi connectivity index (χ1) is 19.4. The van der Waals surface area contributed by atoms with Crippen molar-refractivity contribution in [3.05, 3.63) is 112 Å². The van der Waals surface area contributed by atoms with Crippen LogP contribution in [0.5, 0.6) is 0 Å². The molecule has 40 heavy (non-hydrogen) atoms. The van der Waals surface area contributed by atoms with Gasteiger partial charge in [0.05, 0.1) is 11.3 Å². The summed E-state index contributed by atoms with van der Waals surface area (Å²) in [4.78, 5) is 43.2. The minimum absolute atomic E-state index is 0.246. The molecule has 7 nitrogen and oxygen atoms in total. The Morgan fingerprint density at radius 1 is 0.875 bits per heavy atom. The van der Waals surface area contributed by atoms with Crippen molar-refractivity contribution in [1.82, 2.24) is 15.6 Å². The Hall–Kier alpha value is -4.43. The summed E-state index contributed by atoms with van der Waals surface area (Å²) in [5.74, 6) is -1.07. The van der Waals surface area contributed by atoms with Gasteiger partial charge < -0.3 is 20.9 Å². The fourth-order valence-corrected chi connectivity index (χ4v) is 5.04. The number of hydrogen-bond acceptors (Lipinski definition) is 3. The number of H-pyrrole nitrogens is 1. The molecular formula is C32H29BrN4O3. The molecule has 0 saturated heterocycles. The predicted octanol–water partition coefficient (Wildman–Crippen LogP) is 6.20. The fourth-order valence-electron chi connectivity index (χ4n) is 4.68. The Bertz CT molecular complexity index is 1710. The van der Waals surface area contributed by atoms with Crippen LogP contribution >= 0.6 is 15.9 Å². The number of amides is 3. The zero-order valence-corrected chi connectivity index (χ0v) is 23.5. The van der Waals surface area contributed by atoms with Gasteiger partial charge >= 0.3 is 0 Å². The van der Waals surface area contributed by atoms with E-state index in [2.05, 4.69) is 36.9 Å². The Morgan fingerprint density at radius 3 is 2.48 bits per heavy atom. The lowest BCUT2D eigenvalue weighted by atomic mass is 10.0. The number of halogens is 1. The van der Waals surface area contributed by atoms with Crippen LogP contribution in [0.1, 0.15) is 39.6 Å². The monoisotopic (exact) mass is 596 g/mol. The zero-order valence-electron chi connectivity index (χ0n) is 22.0. The number of para-hydroxylation sites is 1. The summed E-state index contributed by atoms with van der Waals surface area (Å²) < 4.78 is 0.671. The second-order valence-electron chi connectivity index (χ2n) is 9.59. The molecule has 0 aliphatic heterocycles. The van der Waals surface area contributed by atoms with Crippen molar-refractivity contribution in [2.45, 2.75) is 25.8 Å². The third-order valence-electron chi connectivity index (χ3n) is 6.76. The van der Waals surface area contributed by atoms with E-state index in [0.717, 1.165) is 33.7 Å². The third-order valence-corrected chi connectivity index (χ3v) is 7.25. The molecule has 0 aliphatic carbocycles. The standard InChI is InChI=1S/C32H29BrN4O3/c1-2-15-34-32(40)29(17-23-19-35-27-10-6-5-9-25(23)27)37-31(39)26-18-24(33)13-14-28(26)36-30(38)22-12-11-20-7-3-4-8-21(20)16-22/h3-14,16,18-19,29,35H,2,15,17H2,1H3,(H,34,40)(H,36,38)(H,37,39)/t29-/m0/s1. The zero-order chi connectivity index (χ0) is 28.1. The Kier molecular flexibility index (Phi) is 8.26. The van der Waals surface area contributed by atoms with Crippen LogP contribution in [0.15, 0.2) is 95.6 Å². The highest BCUT2D eigenvalue weighted by Gasteiger charge is 2.25. The first-order valence-corrected chi connectivity index (χ1v) is 14.0. The van der Waals surface area contributed by atoms with Gasteiger partial charge in [-0.25, -0.2) is 0 Å². The van der Waals surface area contributed by atoms with E-state index >= 15 is 0 Å². The summed E-state index contributed by atoms with van der Waals surface area (Å²) in [7, 11) is 0. The highest BCUT2D eigenvalue weighted by atomic mass is 79.9. The first-order valence-electron chi connectivity index (χ1n) is 13.2. The molecule has 0 bridgehead atoms. The number of aromatic amines is 1. The molecule has 202 valence electrons. The molecule has 0 unspecified atom stereocenters. The summed E-state index contributed by atoms with van der Waals surface area (Å²) in [6.45, 7) is 2.47. The van der Waals surface area contributed by atoms with E-state index in [0.29, 0.717) is 28.7 Å². The highest BCUT2D eigenvalue weighted by molar-refractivity contribution is 9.10. The van der Waals surface area contributed by atoms with E-state index in [4.69, 9.17) is 0 Å². The summed E-state index contributed by atoms with van der Waals surface area (Å²) in [5, 5.41) is 11.7. The molecule has 1 aromatic heterocycles. The van der Waals surface area contributed by atoms with Crippen LogP contribution in [0, 0.1) is 0 Å². The molecule has 4 N–H and O–H groups in total. The molecule has 0 spiro atoms. The van der Waals surface area contributed by atoms with Gasteiger partial charge in [0.2, 0.25) is 5.91 Å². The number of benzene rings is 4. The smallest absolute Gasteiger partial charge is 0.255 e. The van der Waals surface area contributed by atoms with E-state index in [9.17, 15) is 14.4 Å². The minimum atomic E-state index is -0.818. The molecule has 0 radical (unpaired) electrons. The number of hydrogen-bond donors (Lipinski definition) is 4. The van der Waals surface area contributed by atoms with Crippen molar-refractivity contribution in [2.75, 3.05) is 11.9 Å². The van der Waals surface area contributed by atoms with Gasteiger partial charge in [0.15, 0.2) is 0 Å². The molecule has 0 aliphatic rings. The average molecular weight is 598 g/mol. The Morgan fingerprint density at radius 2 is 1.65 bits per heavy atom. The van der Waals surface area contributed by atoms with Crippen LogP contribution in [0.2, 0.25) is 0 Å². The normalized spacial score (nSPS) is 11.8. The SMILES string of the molecule is CCCNC(=O)[C@H](Cc1c[nH]c2ccccc12)NC(=O)c1cc(Br)ccc1NC(=O)c1ccc2ccccc2c1. The Labute approximate surface area is 240 Å². The molecule has 5 rings (SSSR count). The number of carbonyl (C=O) groups excluding carboxylic acids is 3. The molecule has 8 heteroatoms. The van der Waals surface area contributed by atoms with Crippen LogP contribution < -0.4 is 16.0 Å². The maximum atomic E-state index is 13.6. The number of rotatable bonds is 9. The van der Waals surface area contributed by atoms with Gasteiger partial charge in [0.25, 0.3) is 11.8 Å². The molecule has 1 heterocycles. The number of carbonyl (C=O) groups is 3. The van der Waals surface area contributed by atoms with Crippen LogP contribution in [-0.2, 0) is 11.2 Å².